The van der Waals surface area contributed by atoms with Crippen LogP contribution in [0.1, 0.15) is 0 Å². The number of nitrogens with one attached hydrogen (secondary N) is 2. The fourth-order valence-electron chi connectivity index (χ4n) is 1.17. The van der Waals surface area contributed by atoms with Gasteiger partial charge in [-0.05, 0) is 18.7 Å². The summed E-state index contributed by atoms with van der Waals surface area (Å²) in [4.78, 5) is 0. The molecule has 14 heavy (non-hydrogen) atoms. The molecule has 4 heteroatoms. The molecule has 2 aliphatic rings. The van der Waals surface area contributed by atoms with Crippen molar-refractivity contribution in [3.63, 3.8) is 0 Å². The molecule has 0 radical (unpaired) electrons. The minimum absolute atomic E-state index is 0.511. The minimum atomic E-state index is 0.511. The molecular weight excluding hydrogens is 180 g/mol. The first-order chi connectivity index (χ1) is 6.84. The van der Waals surface area contributed by atoms with Gasteiger partial charge in [-0.1, -0.05) is 0 Å². The summed E-state index contributed by atoms with van der Waals surface area (Å²) in [5.74, 6) is 0.586. The van der Waals surface area contributed by atoms with Gasteiger partial charge in [0.2, 0.25) is 0 Å². The van der Waals surface area contributed by atoms with Crippen LogP contribution in [0.3, 0.4) is 0 Å². The molecule has 2 rings (SSSR count). The number of hydrogen-bond acceptors (Lipinski definition) is 4. The highest BCUT2D eigenvalue weighted by Gasteiger charge is 2.05. The summed E-state index contributed by atoms with van der Waals surface area (Å²) in [5, 5.41) is 6.09. The van der Waals surface area contributed by atoms with Crippen molar-refractivity contribution in [2.24, 2.45) is 0 Å². The summed E-state index contributed by atoms with van der Waals surface area (Å²) in [5.41, 5.74) is 2.08. The third-order valence-electron chi connectivity index (χ3n) is 1.89. The molecule has 0 saturated heterocycles. The van der Waals surface area contributed by atoms with Crippen LogP contribution in [0.25, 0.3) is 0 Å². The molecule has 0 bridgehead atoms. The van der Waals surface area contributed by atoms with E-state index in [1.54, 1.807) is 12.5 Å². The molecule has 0 amide bonds. The quantitative estimate of drug-likeness (QED) is 0.648. The van der Waals surface area contributed by atoms with Crippen LogP contribution in [0.5, 0.6) is 0 Å². The molecule has 0 aromatic carbocycles. The molecule has 2 aliphatic heterocycles. The van der Waals surface area contributed by atoms with E-state index in [2.05, 4.69) is 17.2 Å². The lowest BCUT2D eigenvalue weighted by Crippen LogP contribution is -2.22. The molecule has 0 fully saturated rings. The topological polar surface area (TPSA) is 42.5 Å². The largest absolute Gasteiger partial charge is 0.481 e. The van der Waals surface area contributed by atoms with Crippen LogP contribution >= 0.6 is 0 Å². The van der Waals surface area contributed by atoms with E-state index in [1.807, 2.05) is 12.2 Å². The summed E-state index contributed by atoms with van der Waals surface area (Å²) in [6.07, 6.45) is 7.22. The van der Waals surface area contributed by atoms with Crippen molar-refractivity contribution >= 4 is 0 Å². The first-order valence-corrected chi connectivity index (χ1v) is 4.37. The molecule has 0 spiro atoms. The summed E-state index contributed by atoms with van der Waals surface area (Å²) in [7, 11) is 0. The molecular formula is C10H12N2O2. The molecule has 0 atom stereocenters. The van der Waals surface area contributed by atoms with E-state index < -0.39 is 0 Å². The Kier molecular flexibility index (Phi) is 2.44. The van der Waals surface area contributed by atoms with Crippen molar-refractivity contribution < 1.29 is 9.47 Å². The third kappa shape index (κ3) is 2.10. The standard InChI is InChI=1S/C10H12N2O2/c1-8-11-5-9(6-14-8)4-10-2-3-13-7-12-10/h2-4,6,11-12H,1,5,7H2/b10-4-. The van der Waals surface area contributed by atoms with Gasteiger partial charge in [0.05, 0.1) is 12.5 Å². The zero-order valence-electron chi connectivity index (χ0n) is 7.75. The summed E-state index contributed by atoms with van der Waals surface area (Å²) in [6, 6.07) is 0. The highest BCUT2D eigenvalue weighted by atomic mass is 16.5. The summed E-state index contributed by atoms with van der Waals surface area (Å²) >= 11 is 0. The Morgan fingerprint density at radius 2 is 2.36 bits per heavy atom. The molecule has 0 aliphatic carbocycles. The SMILES string of the molecule is C=C1NCC(/C=C2/C=COCN2)=CO1. The Morgan fingerprint density at radius 1 is 1.43 bits per heavy atom. The predicted molar refractivity (Wildman–Crippen MR) is 52.6 cm³/mol. The van der Waals surface area contributed by atoms with Crippen LogP contribution in [0.2, 0.25) is 0 Å². The number of hydrogen-bond donors (Lipinski definition) is 2. The molecule has 4 nitrogen and oxygen atoms in total. The van der Waals surface area contributed by atoms with E-state index in [0.717, 1.165) is 17.8 Å². The maximum atomic E-state index is 5.14. The second kappa shape index (κ2) is 3.91. The van der Waals surface area contributed by atoms with Gasteiger partial charge in [-0.2, -0.15) is 0 Å². The van der Waals surface area contributed by atoms with Gasteiger partial charge in [-0.3, -0.25) is 0 Å². The maximum absolute atomic E-state index is 5.14. The first-order valence-electron chi connectivity index (χ1n) is 4.37. The Hall–Kier alpha value is -1.84. The smallest absolute Gasteiger partial charge is 0.185 e. The van der Waals surface area contributed by atoms with Gasteiger partial charge in [0.1, 0.15) is 0 Å². The van der Waals surface area contributed by atoms with Gasteiger partial charge in [0.15, 0.2) is 12.6 Å². The average Bonchev–Trinajstić information content (AvgIpc) is 2.23. The number of ether oxygens (including phenoxy) is 2. The van der Waals surface area contributed by atoms with Gasteiger partial charge in [0, 0.05) is 17.8 Å². The van der Waals surface area contributed by atoms with E-state index >= 15 is 0 Å². The van der Waals surface area contributed by atoms with Crippen LogP contribution in [0.4, 0.5) is 0 Å². The van der Waals surface area contributed by atoms with Crippen molar-refractivity contribution in [2.75, 3.05) is 13.3 Å². The van der Waals surface area contributed by atoms with Crippen molar-refractivity contribution in [3.05, 3.63) is 48.4 Å². The number of allylic oxidation sites excluding steroid dienone is 1. The minimum Gasteiger partial charge on any atom is -0.481 e. The molecule has 2 heterocycles. The third-order valence-corrected chi connectivity index (χ3v) is 1.89. The molecule has 0 unspecified atom stereocenters. The lowest BCUT2D eigenvalue weighted by Gasteiger charge is -2.17. The van der Waals surface area contributed by atoms with Crippen LogP contribution in [-0.2, 0) is 9.47 Å². The van der Waals surface area contributed by atoms with Gasteiger partial charge in [0.25, 0.3) is 0 Å². The number of rotatable bonds is 1. The zero-order valence-corrected chi connectivity index (χ0v) is 7.75. The molecule has 0 aromatic rings. The van der Waals surface area contributed by atoms with Gasteiger partial charge in [-0.15, -0.1) is 0 Å². The van der Waals surface area contributed by atoms with Crippen molar-refractivity contribution in [1.29, 1.82) is 0 Å². The second-order valence-corrected chi connectivity index (χ2v) is 2.98. The van der Waals surface area contributed by atoms with Crippen molar-refractivity contribution in [1.82, 2.24) is 10.6 Å². The van der Waals surface area contributed by atoms with Gasteiger partial charge in [-0.25, -0.2) is 0 Å². The highest BCUT2D eigenvalue weighted by Crippen LogP contribution is 2.09. The predicted octanol–water partition coefficient (Wildman–Crippen LogP) is 0.936. The van der Waals surface area contributed by atoms with E-state index in [-0.39, 0.29) is 0 Å². The van der Waals surface area contributed by atoms with E-state index in [4.69, 9.17) is 9.47 Å². The molecule has 74 valence electrons. The van der Waals surface area contributed by atoms with Crippen molar-refractivity contribution in [3.8, 4) is 0 Å². The zero-order chi connectivity index (χ0) is 9.80. The molecule has 0 saturated carbocycles. The average molecular weight is 192 g/mol. The lowest BCUT2D eigenvalue weighted by molar-refractivity contribution is 0.223. The maximum Gasteiger partial charge on any atom is 0.185 e. The normalized spacial score (nSPS) is 23.0. The van der Waals surface area contributed by atoms with Crippen LogP contribution < -0.4 is 10.6 Å². The fraction of sp³-hybridized carbons (Fsp3) is 0.200. The van der Waals surface area contributed by atoms with Crippen molar-refractivity contribution in [2.45, 2.75) is 0 Å². The second-order valence-electron chi connectivity index (χ2n) is 2.98. The van der Waals surface area contributed by atoms with Crippen LogP contribution in [0.15, 0.2) is 48.4 Å². The summed E-state index contributed by atoms with van der Waals surface area (Å²) in [6.45, 7) is 4.89. The van der Waals surface area contributed by atoms with E-state index in [0.29, 0.717) is 12.6 Å². The molecule has 0 aromatic heterocycles. The Labute approximate surface area is 82.6 Å². The van der Waals surface area contributed by atoms with Crippen LogP contribution in [-0.4, -0.2) is 13.3 Å². The fourth-order valence-corrected chi connectivity index (χ4v) is 1.17. The Morgan fingerprint density at radius 3 is 3.00 bits per heavy atom. The Balaban J connectivity index is 2.05. The van der Waals surface area contributed by atoms with E-state index in [1.165, 1.54) is 0 Å². The van der Waals surface area contributed by atoms with Gasteiger partial charge < -0.3 is 20.1 Å². The van der Waals surface area contributed by atoms with E-state index in [9.17, 15) is 0 Å². The first kappa shape index (κ1) is 8.74. The van der Waals surface area contributed by atoms with Gasteiger partial charge >= 0.3 is 0 Å². The monoisotopic (exact) mass is 192 g/mol. The molecule has 2 N–H and O–H groups in total. The Bertz CT molecular complexity index is 329. The lowest BCUT2D eigenvalue weighted by atomic mass is 10.2. The highest BCUT2D eigenvalue weighted by molar-refractivity contribution is 5.30. The summed E-state index contributed by atoms with van der Waals surface area (Å²) < 4.78 is 10.1. The van der Waals surface area contributed by atoms with Crippen LogP contribution in [0, 0.1) is 0 Å².